The first-order valence-corrected chi connectivity index (χ1v) is 11.2. The number of anilines is 1. The summed E-state index contributed by atoms with van der Waals surface area (Å²) in [7, 11) is 0. The lowest BCUT2D eigenvalue weighted by atomic mass is 10.1. The summed E-state index contributed by atoms with van der Waals surface area (Å²) in [4.78, 5) is 29.4. The van der Waals surface area contributed by atoms with Crippen molar-refractivity contribution < 1.29 is 14.0 Å². The molecule has 2 amide bonds. The summed E-state index contributed by atoms with van der Waals surface area (Å²) in [6.07, 6.45) is 0.622. The predicted molar refractivity (Wildman–Crippen MR) is 130 cm³/mol. The lowest BCUT2D eigenvalue weighted by Gasteiger charge is -2.24. The van der Waals surface area contributed by atoms with Crippen LogP contribution in [0.15, 0.2) is 84.9 Å². The second kappa shape index (κ2) is 10.4. The Morgan fingerprint density at radius 3 is 2.21 bits per heavy atom. The first-order chi connectivity index (χ1) is 16.0. The van der Waals surface area contributed by atoms with Crippen molar-refractivity contribution in [2.24, 2.45) is 0 Å². The fourth-order valence-corrected chi connectivity index (χ4v) is 4.23. The van der Waals surface area contributed by atoms with E-state index in [0.29, 0.717) is 30.3 Å². The highest BCUT2D eigenvalue weighted by atomic mass is 32.1. The lowest BCUT2D eigenvalue weighted by Crippen LogP contribution is -2.37. The summed E-state index contributed by atoms with van der Waals surface area (Å²) >= 11 is 5.66. The molecule has 0 aliphatic carbocycles. The molecule has 5 nitrogen and oxygen atoms in total. The number of para-hydroxylation sites is 1. The maximum Gasteiger partial charge on any atom is 0.252 e. The second-order valence-electron chi connectivity index (χ2n) is 7.90. The Labute approximate surface area is 197 Å². The molecule has 0 radical (unpaired) electrons. The van der Waals surface area contributed by atoms with E-state index < -0.39 is 6.04 Å². The van der Waals surface area contributed by atoms with Gasteiger partial charge in [0, 0.05) is 18.8 Å². The average Bonchev–Trinajstić information content (AvgIpc) is 3.04. The van der Waals surface area contributed by atoms with Crippen LogP contribution in [0.4, 0.5) is 10.1 Å². The van der Waals surface area contributed by atoms with Crippen molar-refractivity contribution in [3.8, 4) is 0 Å². The molecule has 7 heteroatoms. The van der Waals surface area contributed by atoms with Gasteiger partial charge < -0.3 is 10.2 Å². The van der Waals surface area contributed by atoms with Crippen LogP contribution in [0.2, 0.25) is 0 Å². The lowest BCUT2D eigenvalue weighted by molar-refractivity contribution is -0.130. The Morgan fingerprint density at radius 2 is 1.55 bits per heavy atom. The number of carbonyl (C=O) groups excluding carboxylic acids is 2. The molecule has 4 rings (SSSR count). The van der Waals surface area contributed by atoms with E-state index >= 15 is 0 Å². The smallest absolute Gasteiger partial charge is 0.252 e. The summed E-state index contributed by atoms with van der Waals surface area (Å²) in [6.45, 7) is 0.744. The molecule has 3 aromatic rings. The number of hydrogen-bond acceptors (Lipinski definition) is 3. The number of benzene rings is 3. The molecule has 1 aliphatic heterocycles. The minimum Gasteiger partial charge on any atom is -0.332 e. The van der Waals surface area contributed by atoms with E-state index in [1.165, 1.54) is 12.1 Å². The molecular weight excluding hydrogens is 437 g/mol. The third-order valence-electron chi connectivity index (χ3n) is 5.57. The van der Waals surface area contributed by atoms with Crippen molar-refractivity contribution in [3.63, 3.8) is 0 Å². The van der Waals surface area contributed by atoms with Crippen LogP contribution in [0.5, 0.6) is 0 Å². The Hall–Kier alpha value is -3.58. The maximum atomic E-state index is 13.4. The van der Waals surface area contributed by atoms with Gasteiger partial charge in [0.25, 0.3) is 5.91 Å². The first kappa shape index (κ1) is 22.6. The van der Waals surface area contributed by atoms with Gasteiger partial charge >= 0.3 is 0 Å². The molecule has 0 saturated carbocycles. The van der Waals surface area contributed by atoms with Crippen molar-refractivity contribution >= 4 is 34.8 Å². The normalized spacial score (nSPS) is 15.7. The van der Waals surface area contributed by atoms with Crippen LogP contribution in [0, 0.1) is 5.82 Å². The van der Waals surface area contributed by atoms with Gasteiger partial charge in [0.15, 0.2) is 5.11 Å². The molecule has 0 bridgehead atoms. The summed E-state index contributed by atoms with van der Waals surface area (Å²) in [6, 6.07) is 24.3. The van der Waals surface area contributed by atoms with Gasteiger partial charge in [0.05, 0.1) is 6.42 Å². The monoisotopic (exact) mass is 461 g/mol. The highest BCUT2D eigenvalue weighted by molar-refractivity contribution is 7.80. The highest BCUT2D eigenvalue weighted by Gasteiger charge is 2.43. The molecule has 1 N–H and O–H groups in total. The topological polar surface area (TPSA) is 52.7 Å². The predicted octanol–water partition coefficient (Wildman–Crippen LogP) is 4.39. The minimum absolute atomic E-state index is 0.0309. The second-order valence-corrected chi connectivity index (χ2v) is 8.26. The Bertz CT molecular complexity index is 1120. The van der Waals surface area contributed by atoms with E-state index in [0.717, 1.165) is 11.1 Å². The van der Waals surface area contributed by atoms with Crippen molar-refractivity contribution in [2.45, 2.75) is 25.4 Å². The van der Waals surface area contributed by atoms with Gasteiger partial charge in [-0.15, -0.1) is 0 Å². The van der Waals surface area contributed by atoms with Gasteiger partial charge in [-0.25, -0.2) is 4.39 Å². The van der Waals surface area contributed by atoms with Crippen molar-refractivity contribution in [1.82, 2.24) is 9.80 Å². The Balaban J connectivity index is 1.51. The van der Waals surface area contributed by atoms with Gasteiger partial charge in [0.2, 0.25) is 5.91 Å². The molecule has 0 aromatic heterocycles. The van der Waals surface area contributed by atoms with Crippen molar-refractivity contribution in [3.05, 3.63) is 102 Å². The van der Waals surface area contributed by atoms with E-state index in [2.05, 4.69) is 5.32 Å². The Kier molecular flexibility index (Phi) is 7.10. The van der Waals surface area contributed by atoms with E-state index in [1.54, 1.807) is 34.1 Å². The van der Waals surface area contributed by atoms with Crippen molar-refractivity contribution in [1.29, 1.82) is 0 Å². The molecule has 1 saturated heterocycles. The number of nitrogens with zero attached hydrogens (tertiary/aromatic N) is 2. The van der Waals surface area contributed by atoms with Crippen LogP contribution in [0.3, 0.4) is 0 Å². The van der Waals surface area contributed by atoms with Gasteiger partial charge in [-0.2, -0.15) is 0 Å². The number of nitrogens with one attached hydrogen (secondary N) is 1. The summed E-state index contributed by atoms with van der Waals surface area (Å²) in [5.74, 6) is -0.792. The van der Waals surface area contributed by atoms with Crippen LogP contribution >= 0.6 is 12.2 Å². The SMILES string of the molecule is O=C(CC1C(=O)N(CCc2ccccc2)C(=S)N1Cc1ccc(F)cc1)Nc1ccccc1. The van der Waals surface area contributed by atoms with Gasteiger partial charge in [-0.05, 0) is 54.0 Å². The summed E-state index contributed by atoms with van der Waals surface area (Å²) < 4.78 is 13.4. The van der Waals surface area contributed by atoms with E-state index in [-0.39, 0.29) is 24.1 Å². The number of carbonyl (C=O) groups is 2. The molecule has 3 aromatic carbocycles. The fourth-order valence-electron chi connectivity index (χ4n) is 3.86. The number of halogens is 1. The largest absolute Gasteiger partial charge is 0.332 e. The standard InChI is InChI=1S/C26H24FN3O2S/c27-21-13-11-20(12-14-21)18-30-23(17-24(31)28-22-9-5-2-6-10-22)25(32)29(26(30)33)16-15-19-7-3-1-4-8-19/h1-14,23H,15-18H2,(H,28,31). The molecule has 0 spiro atoms. The Morgan fingerprint density at radius 1 is 0.909 bits per heavy atom. The van der Waals surface area contributed by atoms with Crippen LogP contribution in [0.25, 0.3) is 0 Å². The summed E-state index contributed by atoms with van der Waals surface area (Å²) in [5, 5.41) is 3.23. The number of thiocarbonyl (C=S) groups is 1. The van der Waals surface area contributed by atoms with Crippen molar-refractivity contribution in [2.75, 3.05) is 11.9 Å². The third-order valence-corrected chi connectivity index (χ3v) is 6.03. The van der Waals surface area contributed by atoms with Crippen LogP contribution in [-0.4, -0.2) is 39.3 Å². The van der Waals surface area contributed by atoms with E-state index in [4.69, 9.17) is 12.2 Å². The van der Waals surface area contributed by atoms with Gasteiger partial charge in [0.1, 0.15) is 11.9 Å². The van der Waals surface area contributed by atoms with Crippen LogP contribution < -0.4 is 5.32 Å². The minimum atomic E-state index is -0.720. The number of hydrogen-bond donors (Lipinski definition) is 1. The van der Waals surface area contributed by atoms with Crippen LogP contribution in [-0.2, 0) is 22.6 Å². The van der Waals surface area contributed by atoms with Crippen LogP contribution in [0.1, 0.15) is 17.5 Å². The molecular formula is C26H24FN3O2S. The maximum absolute atomic E-state index is 13.4. The number of amides is 2. The van der Waals surface area contributed by atoms with E-state index in [1.807, 2.05) is 48.5 Å². The molecule has 1 unspecified atom stereocenters. The molecule has 168 valence electrons. The quantitative estimate of drug-likeness (QED) is 0.506. The van der Waals surface area contributed by atoms with E-state index in [9.17, 15) is 14.0 Å². The molecule has 1 heterocycles. The molecule has 1 aliphatic rings. The van der Waals surface area contributed by atoms with Gasteiger partial charge in [-0.1, -0.05) is 60.7 Å². The zero-order valence-electron chi connectivity index (χ0n) is 18.0. The average molecular weight is 462 g/mol. The molecule has 1 atom stereocenters. The zero-order chi connectivity index (χ0) is 23.2. The van der Waals surface area contributed by atoms with Gasteiger partial charge in [-0.3, -0.25) is 14.5 Å². The number of rotatable bonds is 8. The highest BCUT2D eigenvalue weighted by Crippen LogP contribution is 2.24. The molecule has 1 fully saturated rings. The molecule has 33 heavy (non-hydrogen) atoms. The summed E-state index contributed by atoms with van der Waals surface area (Å²) in [5.41, 5.74) is 2.58. The third kappa shape index (κ3) is 5.62. The fraction of sp³-hybridized carbons (Fsp3) is 0.192. The zero-order valence-corrected chi connectivity index (χ0v) is 18.8. The first-order valence-electron chi connectivity index (χ1n) is 10.8.